The normalized spacial score (nSPS) is 11.4. The molecule has 0 fully saturated rings. The van der Waals surface area contributed by atoms with E-state index in [0.29, 0.717) is 16.3 Å². The fourth-order valence-corrected chi connectivity index (χ4v) is 4.31. The number of carbonyl (C=O) groups is 1. The summed E-state index contributed by atoms with van der Waals surface area (Å²) in [6.45, 7) is 7.25. The molecule has 0 aliphatic rings. The Morgan fingerprint density at radius 2 is 1.77 bits per heavy atom. The maximum Gasteiger partial charge on any atom is 0.240 e. The van der Waals surface area contributed by atoms with Gasteiger partial charge in [0.15, 0.2) is 0 Å². The molecule has 1 N–H and O–H groups in total. The Kier molecular flexibility index (Phi) is 6.44. The molecule has 0 saturated heterocycles. The first-order valence-electron chi connectivity index (χ1n) is 8.23. The van der Waals surface area contributed by atoms with Gasteiger partial charge >= 0.3 is 0 Å². The average Bonchev–Trinajstić information content (AvgIpc) is 2.54. The lowest BCUT2D eigenvalue weighted by atomic mass is 10.2. The number of anilines is 1. The van der Waals surface area contributed by atoms with E-state index in [-0.39, 0.29) is 23.9 Å². The number of rotatable bonds is 6. The molecule has 2 aromatic rings. The standard InChI is InChI=1S/C19H23ClN2O3S/c1-13-5-6-14(2)19(11-13)26(24,25)21-9-10-22(16(4)23)18-8-7-17(20)12-15(18)3/h5-8,11-12,21H,9-10H2,1-4H3. The van der Waals surface area contributed by atoms with E-state index in [4.69, 9.17) is 11.6 Å². The maximum atomic E-state index is 12.6. The molecular weight excluding hydrogens is 372 g/mol. The van der Waals surface area contributed by atoms with E-state index in [1.54, 1.807) is 37.3 Å². The van der Waals surface area contributed by atoms with Gasteiger partial charge in [0.2, 0.25) is 15.9 Å². The summed E-state index contributed by atoms with van der Waals surface area (Å²) in [5, 5.41) is 0.588. The van der Waals surface area contributed by atoms with Crippen molar-refractivity contribution in [3.63, 3.8) is 0 Å². The summed E-state index contributed by atoms with van der Waals surface area (Å²) >= 11 is 5.97. The zero-order chi connectivity index (χ0) is 19.5. The van der Waals surface area contributed by atoms with Crippen LogP contribution in [0.4, 0.5) is 5.69 Å². The predicted octanol–water partition coefficient (Wildman–Crippen LogP) is 3.60. The molecule has 0 aliphatic heterocycles. The van der Waals surface area contributed by atoms with Gasteiger partial charge in [-0.15, -0.1) is 0 Å². The lowest BCUT2D eigenvalue weighted by Gasteiger charge is -2.23. The van der Waals surface area contributed by atoms with E-state index in [0.717, 1.165) is 11.1 Å². The number of nitrogens with one attached hydrogen (secondary N) is 1. The van der Waals surface area contributed by atoms with Crippen LogP contribution in [0.2, 0.25) is 5.02 Å². The van der Waals surface area contributed by atoms with E-state index in [1.165, 1.54) is 11.8 Å². The van der Waals surface area contributed by atoms with E-state index < -0.39 is 10.0 Å². The molecule has 0 unspecified atom stereocenters. The van der Waals surface area contributed by atoms with Crippen LogP contribution in [-0.2, 0) is 14.8 Å². The molecule has 0 heterocycles. The van der Waals surface area contributed by atoms with Crippen molar-refractivity contribution in [2.75, 3.05) is 18.0 Å². The van der Waals surface area contributed by atoms with Crippen molar-refractivity contribution in [3.8, 4) is 0 Å². The van der Waals surface area contributed by atoms with Crippen molar-refractivity contribution in [1.82, 2.24) is 4.72 Å². The zero-order valence-corrected chi connectivity index (χ0v) is 16.9. The Morgan fingerprint density at radius 1 is 1.08 bits per heavy atom. The van der Waals surface area contributed by atoms with Gasteiger partial charge in [0.05, 0.1) is 4.90 Å². The molecule has 7 heteroatoms. The predicted molar refractivity (Wildman–Crippen MR) is 105 cm³/mol. The molecule has 0 atom stereocenters. The number of nitrogens with zero attached hydrogens (tertiary/aromatic N) is 1. The summed E-state index contributed by atoms with van der Waals surface area (Å²) in [5.74, 6) is -0.165. The molecule has 0 aromatic heterocycles. The number of sulfonamides is 1. The third kappa shape index (κ3) is 4.84. The minimum atomic E-state index is -3.64. The SMILES string of the molecule is CC(=O)N(CCNS(=O)(=O)c1cc(C)ccc1C)c1ccc(Cl)cc1C. The van der Waals surface area contributed by atoms with Crippen LogP contribution in [0.5, 0.6) is 0 Å². The topological polar surface area (TPSA) is 66.5 Å². The molecule has 5 nitrogen and oxygen atoms in total. The Hall–Kier alpha value is -1.89. The van der Waals surface area contributed by atoms with Gasteiger partial charge in [-0.1, -0.05) is 23.7 Å². The quantitative estimate of drug-likeness (QED) is 0.814. The van der Waals surface area contributed by atoms with Gasteiger partial charge < -0.3 is 4.90 Å². The van der Waals surface area contributed by atoms with Crippen LogP contribution in [0.1, 0.15) is 23.6 Å². The van der Waals surface area contributed by atoms with E-state index in [2.05, 4.69) is 4.72 Å². The number of halogens is 1. The molecule has 0 saturated carbocycles. The summed E-state index contributed by atoms with van der Waals surface area (Å²) in [4.78, 5) is 13.8. The number of carbonyl (C=O) groups excluding carboxylic acids is 1. The lowest BCUT2D eigenvalue weighted by Crippen LogP contribution is -2.38. The molecular formula is C19H23ClN2O3S. The van der Waals surface area contributed by atoms with Gasteiger partial charge in [0, 0.05) is 30.7 Å². The van der Waals surface area contributed by atoms with E-state index in [1.807, 2.05) is 19.9 Å². The molecule has 1 amide bonds. The zero-order valence-electron chi connectivity index (χ0n) is 15.3. The molecule has 0 spiro atoms. The summed E-state index contributed by atoms with van der Waals surface area (Å²) in [6, 6.07) is 10.5. The van der Waals surface area contributed by atoms with Crippen molar-refractivity contribution in [2.24, 2.45) is 0 Å². The number of hydrogen-bond donors (Lipinski definition) is 1. The van der Waals surface area contributed by atoms with Crippen molar-refractivity contribution >= 4 is 33.2 Å². The number of benzene rings is 2. The highest BCUT2D eigenvalue weighted by Gasteiger charge is 2.19. The second-order valence-electron chi connectivity index (χ2n) is 6.27. The molecule has 2 aromatic carbocycles. The van der Waals surface area contributed by atoms with Crippen molar-refractivity contribution in [3.05, 3.63) is 58.1 Å². The second-order valence-corrected chi connectivity index (χ2v) is 8.44. The van der Waals surface area contributed by atoms with E-state index in [9.17, 15) is 13.2 Å². The van der Waals surface area contributed by atoms with Crippen LogP contribution in [0.15, 0.2) is 41.3 Å². The van der Waals surface area contributed by atoms with Gasteiger partial charge in [0.25, 0.3) is 0 Å². The Labute approximate surface area is 160 Å². The number of amides is 1. The van der Waals surface area contributed by atoms with Gasteiger partial charge in [-0.25, -0.2) is 13.1 Å². The molecule has 140 valence electrons. The van der Waals surface area contributed by atoms with Gasteiger partial charge in [-0.3, -0.25) is 4.79 Å². The van der Waals surface area contributed by atoms with Gasteiger partial charge in [0.1, 0.15) is 0 Å². The summed E-state index contributed by atoms with van der Waals surface area (Å²) in [7, 11) is -3.64. The van der Waals surface area contributed by atoms with Gasteiger partial charge in [-0.05, 0) is 61.7 Å². The second kappa shape index (κ2) is 8.20. The van der Waals surface area contributed by atoms with Crippen LogP contribution < -0.4 is 9.62 Å². The highest BCUT2D eigenvalue weighted by Crippen LogP contribution is 2.23. The average molecular weight is 395 g/mol. The first kappa shape index (κ1) is 20.4. The third-order valence-corrected chi connectivity index (χ3v) is 5.93. The minimum absolute atomic E-state index is 0.108. The van der Waals surface area contributed by atoms with E-state index >= 15 is 0 Å². The number of aryl methyl sites for hydroxylation is 3. The van der Waals surface area contributed by atoms with Crippen LogP contribution in [0, 0.1) is 20.8 Å². The van der Waals surface area contributed by atoms with Crippen LogP contribution in [0.25, 0.3) is 0 Å². The Bertz CT molecular complexity index is 926. The summed E-state index contributed by atoms with van der Waals surface area (Å²) < 4.78 is 27.7. The monoisotopic (exact) mass is 394 g/mol. The minimum Gasteiger partial charge on any atom is -0.311 e. The molecule has 0 bridgehead atoms. The lowest BCUT2D eigenvalue weighted by molar-refractivity contribution is -0.116. The first-order chi connectivity index (χ1) is 12.1. The van der Waals surface area contributed by atoms with Crippen molar-refractivity contribution in [1.29, 1.82) is 0 Å². The first-order valence-corrected chi connectivity index (χ1v) is 10.1. The molecule has 0 aliphatic carbocycles. The molecule has 0 radical (unpaired) electrons. The molecule has 2 rings (SSSR count). The highest BCUT2D eigenvalue weighted by atomic mass is 35.5. The van der Waals surface area contributed by atoms with Gasteiger partial charge in [-0.2, -0.15) is 0 Å². The summed E-state index contributed by atoms with van der Waals surface area (Å²) in [6.07, 6.45) is 0. The smallest absolute Gasteiger partial charge is 0.240 e. The largest absolute Gasteiger partial charge is 0.311 e. The Balaban J connectivity index is 2.15. The van der Waals surface area contributed by atoms with Crippen molar-refractivity contribution in [2.45, 2.75) is 32.6 Å². The van der Waals surface area contributed by atoms with Crippen LogP contribution >= 0.6 is 11.6 Å². The highest BCUT2D eigenvalue weighted by molar-refractivity contribution is 7.89. The number of hydrogen-bond acceptors (Lipinski definition) is 3. The fourth-order valence-electron chi connectivity index (χ4n) is 2.74. The third-order valence-electron chi connectivity index (χ3n) is 4.09. The molecule has 26 heavy (non-hydrogen) atoms. The van der Waals surface area contributed by atoms with Crippen LogP contribution in [-0.4, -0.2) is 27.4 Å². The summed E-state index contributed by atoms with van der Waals surface area (Å²) in [5.41, 5.74) is 3.12. The van der Waals surface area contributed by atoms with Crippen molar-refractivity contribution < 1.29 is 13.2 Å². The fraction of sp³-hybridized carbons (Fsp3) is 0.316. The van der Waals surface area contributed by atoms with Crippen LogP contribution in [0.3, 0.4) is 0 Å². The maximum absolute atomic E-state index is 12.6. The Morgan fingerprint density at radius 3 is 2.38 bits per heavy atom.